The molecule has 25 heavy (non-hydrogen) atoms. The third-order valence-corrected chi connectivity index (χ3v) is 4.35. The first-order valence-electron chi connectivity index (χ1n) is 8.70. The Balaban J connectivity index is 1.64. The molecule has 2 aromatic rings. The smallest absolute Gasteiger partial charge is 0.132 e. The van der Waals surface area contributed by atoms with Gasteiger partial charge in [-0.3, -0.25) is 4.99 Å². The average Bonchev–Trinajstić information content (AvgIpc) is 3.05. The van der Waals surface area contributed by atoms with Crippen LogP contribution in [0.25, 0.3) is 0 Å². The highest BCUT2D eigenvalue weighted by Crippen LogP contribution is 2.27. The summed E-state index contributed by atoms with van der Waals surface area (Å²) in [7, 11) is 0. The molecule has 1 saturated heterocycles. The molecule has 6 heteroatoms. The summed E-state index contributed by atoms with van der Waals surface area (Å²) < 4.78 is 11.3. The van der Waals surface area contributed by atoms with Crippen LogP contribution in [0.5, 0.6) is 5.75 Å². The monoisotopic (exact) mass is 338 g/mol. The van der Waals surface area contributed by atoms with E-state index in [2.05, 4.69) is 27.0 Å². The van der Waals surface area contributed by atoms with Gasteiger partial charge in [0.1, 0.15) is 17.9 Å². The lowest BCUT2D eigenvalue weighted by Crippen LogP contribution is -2.36. The van der Waals surface area contributed by atoms with Crippen molar-refractivity contribution >= 4 is 11.5 Å². The van der Waals surface area contributed by atoms with E-state index in [9.17, 15) is 0 Å². The van der Waals surface area contributed by atoms with E-state index >= 15 is 0 Å². The van der Waals surface area contributed by atoms with Crippen molar-refractivity contribution in [2.24, 2.45) is 4.99 Å². The summed E-state index contributed by atoms with van der Waals surface area (Å²) in [5.74, 6) is 1.80. The lowest BCUT2D eigenvalue weighted by Gasteiger charge is -2.27. The van der Waals surface area contributed by atoms with Gasteiger partial charge in [-0.2, -0.15) is 0 Å². The van der Waals surface area contributed by atoms with Crippen molar-refractivity contribution in [1.29, 1.82) is 0 Å². The van der Waals surface area contributed by atoms with Crippen LogP contribution in [0.4, 0.5) is 5.82 Å². The second kappa shape index (κ2) is 6.80. The standard InChI is InChI=1S/C19H22N4O2/c1-13(2)25-15-4-3-14-11-20-19(16(14)9-15)17-10-18(22-12-21-17)23-5-7-24-8-6-23/h3-4,9-10,12-13H,5-8,11H2,1-2H3. The zero-order valence-corrected chi connectivity index (χ0v) is 14.6. The van der Waals surface area contributed by atoms with Crippen LogP contribution in [0.1, 0.15) is 30.7 Å². The summed E-state index contributed by atoms with van der Waals surface area (Å²) in [4.78, 5) is 15.8. The van der Waals surface area contributed by atoms with Crippen LogP contribution in [0.15, 0.2) is 35.6 Å². The third kappa shape index (κ3) is 3.35. The van der Waals surface area contributed by atoms with Gasteiger partial charge in [0, 0.05) is 24.7 Å². The molecule has 1 aromatic heterocycles. The van der Waals surface area contributed by atoms with Crippen molar-refractivity contribution in [3.8, 4) is 5.75 Å². The van der Waals surface area contributed by atoms with E-state index in [0.717, 1.165) is 54.8 Å². The maximum absolute atomic E-state index is 5.83. The summed E-state index contributed by atoms with van der Waals surface area (Å²) >= 11 is 0. The number of nitrogens with zero attached hydrogens (tertiary/aromatic N) is 4. The van der Waals surface area contributed by atoms with Gasteiger partial charge < -0.3 is 14.4 Å². The SMILES string of the molecule is CC(C)Oc1ccc2c(c1)C(c1cc(N3CCOCC3)ncn1)=NC2. The van der Waals surface area contributed by atoms with Crippen LogP contribution in [-0.2, 0) is 11.3 Å². The van der Waals surface area contributed by atoms with Crippen molar-refractivity contribution < 1.29 is 9.47 Å². The molecule has 0 radical (unpaired) electrons. The van der Waals surface area contributed by atoms with Crippen LogP contribution < -0.4 is 9.64 Å². The van der Waals surface area contributed by atoms with Crippen LogP contribution in [0.3, 0.4) is 0 Å². The highest BCUT2D eigenvalue weighted by Gasteiger charge is 2.21. The fourth-order valence-electron chi connectivity index (χ4n) is 3.17. The molecule has 0 aliphatic carbocycles. The molecule has 0 bridgehead atoms. The van der Waals surface area contributed by atoms with Crippen molar-refractivity contribution in [2.45, 2.75) is 26.5 Å². The molecular weight excluding hydrogens is 316 g/mol. The van der Waals surface area contributed by atoms with Crippen molar-refractivity contribution in [1.82, 2.24) is 9.97 Å². The molecule has 0 unspecified atom stereocenters. The van der Waals surface area contributed by atoms with Gasteiger partial charge >= 0.3 is 0 Å². The summed E-state index contributed by atoms with van der Waals surface area (Å²) in [6, 6.07) is 8.19. The number of rotatable bonds is 4. The maximum Gasteiger partial charge on any atom is 0.132 e. The first-order valence-corrected chi connectivity index (χ1v) is 8.70. The molecule has 0 atom stereocenters. The predicted molar refractivity (Wildman–Crippen MR) is 96.6 cm³/mol. The van der Waals surface area contributed by atoms with Gasteiger partial charge in [-0.15, -0.1) is 0 Å². The van der Waals surface area contributed by atoms with Gasteiger partial charge in [0.2, 0.25) is 0 Å². The third-order valence-electron chi connectivity index (χ3n) is 4.35. The van der Waals surface area contributed by atoms with E-state index in [1.807, 2.05) is 26.0 Å². The molecule has 130 valence electrons. The molecule has 1 fully saturated rings. The minimum Gasteiger partial charge on any atom is -0.491 e. The number of hydrogen-bond donors (Lipinski definition) is 0. The van der Waals surface area contributed by atoms with Gasteiger partial charge in [0.25, 0.3) is 0 Å². The zero-order chi connectivity index (χ0) is 17.2. The van der Waals surface area contributed by atoms with Crippen LogP contribution in [0.2, 0.25) is 0 Å². The second-order valence-electron chi connectivity index (χ2n) is 6.51. The Hall–Kier alpha value is -2.47. The van der Waals surface area contributed by atoms with E-state index in [4.69, 9.17) is 14.5 Å². The minimum atomic E-state index is 0.145. The molecule has 2 aliphatic rings. The van der Waals surface area contributed by atoms with Gasteiger partial charge in [0.15, 0.2) is 0 Å². The Morgan fingerprint density at radius 2 is 1.96 bits per heavy atom. The fourth-order valence-corrected chi connectivity index (χ4v) is 3.17. The number of morpholine rings is 1. The van der Waals surface area contributed by atoms with E-state index in [0.29, 0.717) is 6.54 Å². The first kappa shape index (κ1) is 16.0. The number of ether oxygens (including phenoxy) is 2. The lowest BCUT2D eigenvalue weighted by molar-refractivity contribution is 0.122. The predicted octanol–water partition coefficient (Wildman–Crippen LogP) is 2.45. The molecular formula is C19H22N4O2. The molecule has 4 rings (SSSR count). The molecule has 0 saturated carbocycles. The van der Waals surface area contributed by atoms with Crippen LogP contribution >= 0.6 is 0 Å². The topological polar surface area (TPSA) is 59.8 Å². The van der Waals surface area contributed by atoms with Crippen LogP contribution in [-0.4, -0.2) is 48.1 Å². The maximum atomic E-state index is 5.83. The van der Waals surface area contributed by atoms with E-state index in [1.54, 1.807) is 6.33 Å². The van der Waals surface area contributed by atoms with E-state index < -0.39 is 0 Å². The van der Waals surface area contributed by atoms with Gasteiger partial charge in [-0.1, -0.05) is 6.07 Å². The van der Waals surface area contributed by atoms with E-state index in [1.165, 1.54) is 5.56 Å². The highest BCUT2D eigenvalue weighted by atomic mass is 16.5. The molecule has 0 amide bonds. The molecule has 1 aromatic carbocycles. The van der Waals surface area contributed by atoms with Gasteiger partial charge in [0.05, 0.1) is 37.3 Å². The number of aromatic nitrogens is 2. The Morgan fingerprint density at radius 1 is 1.12 bits per heavy atom. The van der Waals surface area contributed by atoms with Crippen molar-refractivity contribution in [3.05, 3.63) is 47.4 Å². The summed E-state index contributed by atoms with van der Waals surface area (Å²) in [6.45, 7) is 7.92. The fraction of sp³-hybridized carbons (Fsp3) is 0.421. The summed E-state index contributed by atoms with van der Waals surface area (Å²) in [5.41, 5.74) is 4.08. The highest BCUT2D eigenvalue weighted by molar-refractivity contribution is 6.14. The number of aliphatic imine (C=N–C) groups is 1. The van der Waals surface area contributed by atoms with E-state index in [-0.39, 0.29) is 6.10 Å². The molecule has 3 heterocycles. The number of fused-ring (bicyclic) bond motifs is 1. The summed E-state index contributed by atoms with van der Waals surface area (Å²) in [5, 5.41) is 0. The molecule has 0 N–H and O–H groups in total. The minimum absolute atomic E-state index is 0.145. The Bertz CT molecular complexity index is 798. The largest absolute Gasteiger partial charge is 0.491 e. The Kier molecular flexibility index (Phi) is 4.36. The number of hydrogen-bond acceptors (Lipinski definition) is 6. The summed E-state index contributed by atoms with van der Waals surface area (Å²) in [6.07, 6.45) is 1.77. The molecule has 2 aliphatic heterocycles. The first-order chi connectivity index (χ1) is 12.2. The van der Waals surface area contributed by atoms with Crippen molar-refractivity contribution in [2.75, 3.05) is 31.2 Å². The quantitative estimate of drug-likeness (QED) is 0.857. The number of benzene rings is 1. The van der Waals surface area contributed by atoms with Crippen LogP contribution in [0, 0.1) is 0 Å². The lowest BCUT2D eigenvalue weighted by atomic mass is 10.0. The molecule has 6 nitrogen and oxygen atoms in total. The Morgan fingerprint density at radius 3 is 2.76 bits per heavy atom. The average molecular weight is 338 g/mol. The number of anilines is 1. The zero-order valence-electron chi connectivity index (χ0n) is 14.6. The van der Waals surface area contributed by atoms with Gasteiger partial charge in [-0.05, 0) is 31.5 Å². The normalized spacial score (nSPS) is 16.8. The Labute approximate surface area is 147 Å². The van der Waals surface area contributed by atoms with Gasteiger partial charge in [-0.25, -0.2) is 9.97 Å². The molecule has 0 spiro atoms. The second-order valence-corrected chi connectivity index (χ2v) is 6.51. The van der Waals surface area contributed by atoms with Crippen molar-refractivity contribution in [3.63, 3.8) is 0 Å².